The first-order valence-corrected chi connectivity index (χ1v) is 6.23. The van der Waals surface area contributed by atoms with Crippen LogP contribution in [0, 0.1) is 22.7 Å². The normalized spacial score (nSPS) is 9.81. The van der Waals surface area contributed by atoms with Gasteiger partial charge in [-0.3, -0.25) is 0 Å². The van der Waals surface area contributed by atoms with Crippen molar-refractivity contribution in [2.75, 3.05) is 0 Å². The number of H-pyrrole nitrogens is 1. The SMILES string of the molecule is N#Cc1cccc(-c2cccc(-c3n[nH]nc3C#N)c2)c1. The molecular formula is C16H9N5. The molecule has 0 radical (unpaired) electrons. The van der Waals surface area contributed by atoms with Crippen LogP contribution in [0.15, 0.2) is 48.5 Å². The molecule has 0 fully saturated rings. The highest BCUT2D eigenvalue weighted by molar-refractivity contribution is 5.73. The molecule has 0 saturated carbocycles. The van der Waals surface area contributed by atoms with E-state index in [2.05, 4.69) is 21.5 Å². The molecule has 3 rings (SSSR count). The van der Waals surface area contributed by atoms with Crippen LogP contribution in [0.25, 0.3) is 22.4 Å². The lowest BCUT2D eigenvalue weighted by Crippen LogP contribution is -1.85. The quantitative estimate of drug-likeness (QED) is 0.776. The van der Waals surface area contributed by atoms with Crippen LogP contribution in [0.4, 0.5) is 0 Å². The summed E-state index contributed by atoms with van der Waals surface area (Å²) < 4.78 is 0. The van der Waals surface area contributed by atoms with Crippen molar-refractivity contribution in [2.24, 2.45) is 0 Å². The Balaban J connectivity index is 2.09. The minimum Gasteiger partial charge on any atom is -0.196 e. The molecule has 5 nitrogen and oxygen atoms in total. The summed E-state index contributed by atoms with van der Waals surface area (Å²) in [7, 11) is 0. The summed E-state index contributed by atoms with van der Waals surface area (Å²) in [5.41, 5.74) is 4.10. The highest BCUT2D eigenvalue weighted by Gasteiger charge is 2.10. The van der Waals surface area contributed by atoms with Gasteiger partial charge in [-0.05, 0) is 29.3 Å². The van der Waals surface area contributed by atoms with E-state index in [0.717, 1.165) is 16.7 Å². The third-order valence-corrected chi connectivity index (χ3v) is 3.11. The zero-order valence-electron chi connectivity index (χ0n) is 10.9. The van der Waals surface area contributed by atoms with Crippen LogP contribution in [0.2, 0.25) is 0 Å². The van der Waals surface area contributed by atoms with Crippen LogP contribution in [0.3, 0.4) is 0 Å². The molecule has 0 aliphatic carbocycles. The maximum atomic E-state index is 9.01. The standard InChI is InChI=1S/C16H9N5/c17-9-11-3-1-4-12(7-11)13-5-2-6-14(8-13)16-15(10-18)19-21-20-16/h1-8H,(H,19,20,21). The van der Waals surface area contributed by atoms with Crippen molar-refractivity contribution in [1.82, 2.24) is 15.4 Å². The Labute approximate surface area is 121 Å². The van der Waals surface area contributed by atoms with Crippen molar-refractivity contribution in [1.29, 1.82) is 10.5 Å². The highest BCUT2D eigenvalue weighted by atomic mass is 15.3. The van der Waals surface area contributed by atoms with E-state index in [4.69, 9.17) is 10.5 Å². The Morgan fingerprint density at radius 2 is 1.52 bits per heavy atom. The third kappa shape index (κ3) is 2.36. The number of nitrogens with one attached hydrogen (secondary N) is 1. The molecule has 0 amide bonds. The van der Waals surface area contributed by atoms with Gasteiger partial charge in [-0.15, -0.1) is 5.10 Å². The minimum atomic E-state index is 0.262. The number of hydrogen-bond donors (Lipinski definition) is 1. The molecule has 0 bridgehead atoms. The molecule has 5 heteroatoms. The summed E-state index contributed by atoms with van der Waals surface area (Å²) in [5.74, 6) is 0. The van der Waals surface area contributed by atoms with Crippen LogP contribution < -0.4 is 0 Å². The second kappa shape index (κ2) is 5.28. The lowest BCUT2D eigenvalue weighted by molar-refractivity contribution is 0.937. The summed E-state index contributed by atoms with van der Waals surface area (Å²) in [6.07, 6.45) is 0. The second-order valence-corrected chi connectivity index (χ2v) is 4.41. The number of benzene rings is 2. The number of hydrogen-bond acceptors (Lipinski definition) is 4. The Bertz CT molecular complexity index is 880. The molecular weight excluding hydrogens is 262 g/mol. The summed E-state index contributed by atoms with van der Waals surface area (Å²) in [5, 5.41) is 28.3. The Hall–Kier alpha value is -3.44. The number of aromatic nitrogens is 3. The van der Waals surface area contributed by atoms with Gasteiger partial charge in [0.25, 0.3) is 0 Å². The average molecular weight is 271 g/mol. The van der Waals surface area contributed by atoms with E-state index in [0.29, 0.717) is 11.3 Å². The van der Waals surface area contributed by atoms with Crippen molar-refractivity contribution in [3.8, 4) is 34.5 Å². The summed E-state index contributed by atoms with van der Waals surface area (Å²) in [6, 6.07) is 19.1. The molecule has 1 heterocycles. The van der Waals surface area contributed by atoms with Crippen molar-refractivity contribution in [3.63, 3.8) is 0 Å². The fourth-order valence-electron chi connectivity index (χ4n) is 2.12. The predicted octanol–water partition coefficient (Wildman–Crippen LogP) is 2.88. The molecule has 0 unspecified atom stereocenters. The fraction of sp³-hybridized carbons (Fsp3) is 0. The van der Waals surface area contributed by atoms with E-state index in [9.17, 15) is 0 Å². The number of nitrogens with zero attached hydrogens (tertiary/aromatic N) is 4. The van der Waals surface area contributed by atoms with Gasteiger partial charge in [-0.25, -0.2) is 0 Å². The van der Waals surface area contributed by atoms with Crippen LogP contribution in [-0.2, 0) is 0 Å². The van der Waals surface area contributed by atoms with E-state index in [1.165, 1.54) is 0 Å². The fourth-order valence-corrected chi connectivity index (χ4v) is 2.12. The zero-order valence-corrected chi connectivity index (χ0v) is 10.9. The first kappa shape index (κ1) is 12.6. The van der Waals surface area contributed by atoms with Gasteiger partial charge < -0.3 is 0 Å². The predicted molar refractivity (Wildman–Crippen MR) is 76.7 cm³/mol. The summed E-state index contributed by atoms with van der Waals surface area (Å²) >= 11 is 0. The molecule has 21 heavy (non-hydrogen) atoms. The van der Waals surface area contributed by atoms with Gasteiger partial charge in [0, 0.05) is 5.56 Å². The lowest BCUT2D eigenvalue weighted by atomic mass is 10.00. The minimum absolute atomic E-state index is 0.262. The molecule has 3 aromatic rings. The van der Waals surface area contributed by atoms with Gasteiger partial charge in [-0.2, -0.15) is 20.8 Å². The first-order chi connectivity index (χ1) is 10.3. The van der Waals surface area contributed by atoms with E-state index in [1.807, 2.05) is 48.5 Å². The molecule has 0 aliphatic rings. The number of nitriles is 2. The van der Waals surface area contributed by atoms with E-state index in [1.54, 1.807) is 6.07 Å². The Kier molecular flexibility index (Phi) is 3.16. The van der Waals surface area contributed by atoms with Crippen molar-refractivity contribution in [3.05, 3.63) is 59.8 Å². The van der Waals surface area contributed by atoms with Gasteiger partial charge in [0.1, 0.15) is 11.8 Å². The Morgan fingerprint density at radius 1 is 0.810 bits per heavy atom. The van der Waals surface area contributed by atoms with Gasteiger partial charge in [0.05, 0.1) is 11.6 Å². The van der Waals surface area contributed by atoms with E-state index < -0.39 is 0 Å². The lowest BCUT2D eigenvalue weighted by Gasteiger charge is -2.04. The van der Waals surface area contributed by atoms with Crippen molar-refractivity contribution >= 4 is 0 Å². The van der Waals surface area contributed by atoms with Gasteiger partial charge in [-0.1, -0.05) is 30.3 Å². The molecule has 2 aromatic carbocycles. The van der Waals surface area contributed by atoms with Crippen molar-refractivity contribution < 1.29 is 0 Å². The van der Waals surface area contributed by atoms with E-state index in [-0.39, 0.29) is 5.69 Å². The van der Waals surface area contributed by atoms with Crippen LogP contribution in [0.1, 0.15) is 11.3 Å². The Morgan fingerprint density at radius 3 is 2.29 bits per heavy atom. The topological polar surface area (TPSA) is 89.2 Å². The van der Waals surface area contributed by atoms with Gasteiger partial charge in [0.2, 0.25) is 0 Å². The third-order valence-electron chi connectivity index (χ3n) is 3.11. The van der Waals surface area contributed by atoms with Gasteiger partial charge >= 0.3 is 0 Å². The average Bonchev–Trinajstić information content (AvgIpc) is 3.03. The van der Waals surface area contributed by atoms with Crippen LogP contribution >= 0.6 is 0 Å². The molecule has 1 N–H and O–H groups in total. The molecule has 0 atom stereocenters. The first-order valence-electron chi connectivity index (χ1n) is 6.23. The van der Waals surface area contributed by atoms with Crippen LogP contribution in [0.5, 0.6) is 0 Å². The highest BCUT2D eigenvalue weighted by Crippen LogP contribution is 2.26. The summed E-state index contributed by atoms with van der Waals surface area (Å²) in [6.45, 7) is 0. The van der Waals surface area contributed by atoms with Gasteiger partial charge in [0.15, 0.2) is 5.69 Å². The summed E-state index contributed by atoms with van der Waals surface area (Å²) in [4.78, 5) is 0. The molecule has 0 aliphatic heterocycles. The maximum Gasteiger partial charge on any atom is 0.190 e. The largest absolute Gasteiger partial charge is 0.196 e. The number of aromatic amines is 1. The number of rotatable bonds is 2. The van der Waals surface area contributed by atoms with E-state index >= 15 is 0 Å². The molecule has 1 aromatic heterocycles. The smallest absolute Gasteiger partial charge is 0.190 e. The molecule has 0 spiro atoms. The molecule has 0 saturated heterocycles. The zero-order chi connectivity index (χ0) is 14.7. The van der Waals surface area contributed by atoms with Crippen molar-refractivity contribution in [2.45, 2.75) is 0 Å². The second-order valence-electron chi connectivity index (χ2n) is 4.41. The van der Waals surface area contributed by atoms with Crippen LogP contribution in [-0.4, -0.2) is 15.4 Å². The monoisotopic (exact) mass is 271 g/mol. The maximum absolute atomic E-state index is 9.01. The molecule has 98 valence electrons.